The van der Waals surface area contributed by atoms with Gasteiger partial charge < -0.3 is 10.2 Å². The van der Waals surface area contributed by atoms with E-state index in [9.17, 15) is 4.79 Å². The maximum Gasteiger partial charge on any atom is 0.335 e. The fraction of sp³-hybridized carbons (Fsp3) is 0.533. The van der Waals surface area contributed by atoms with Gasteiger partial charge in [0.05, 0.1) is 11.2 Å². The van der Waals surface area contributed by atoms with E-state index in [1.54, 1.807) is 12.1 Å². The van der Waals surface area contributed by atoms with E-state index < -0.39 is 11.6 Å². The average Bonchev–Trinajstić information content (AvgIpc) is 2.39. The lowest BCUT2D eigenvalue weighted by Gasteiger charge is -2.17. The standard InChI is InChI=1S/C9H10O2.C6H14O/c1-2-7-5-3-4-6-8(7)9(10)11;1-4-6(3,7)5-2/h3-6H,2H2,1H3,(H,10,11);7H,4-5H2,1-3H3. The molecule has 0 radical (unpaired) electrons. The molecule has 0 heterocycles. The number of aryl methyl sites for hydroxylation is 1. The fourth-order valence-corrected chi connectivity index (χ4v) is 1.29. The molecule has 3 nitrogen and oxygen atoms in total. The van der Waals surface area contributed by atoms with Crippen molar-refractivity contribution in [3.05, 3.63) is 35.4 Å². The van der Waals surface area contributed by atoms with Crippen LogP contribution in [-0.2, 0) is 6.42 Å². The van der Waals surface area contributed by atoms with Gasteiger partial charge in [-0.25, -0.2) is 4.79 Å². The quantitative estimate of drug-likeness (QED) is 0.862. The van der Waals surface area contributed by atoms with Crippen molar-refractivity contribution in [2.45, 2.75) is 52.6 Å². The van der Waals surface area contributed by atoms with Crippen LogP contribution < -0.4 is 0 Å². The molecule has 0 bridgehead atoms. The summed E-state index contributed by atoms with van der Waals surface area (Å²) in [4.78, 5) is 10.6. The molecule has 102 valence electrons. The summed E-state index contributed by atoms with van der Waals surface area (Å²) in [7, 11) is 0. The summed E-state index contributed by atoms with van der Waals surface area (Å²) in [5.41, 5.74) is 0.884. The van der Waals surface area contributed by atoms with E-state index in [4.69, 9.17) is 10.2 Å². The Morgan fingerprint density at radius 1 is 1.17 bits per heavy atom. The zero-order valence-corrected chi connectivity index (χ0v) is 11.7. The van der Waals surface area contributed by atoms with Gasteiger partial charge in [0.25, 0.3) is 0 Å². The van der Waals surface area contributed by atoms with Gasteiger partial charge in [0.2, 0.25) is 0 Å². The molecule has 1 aromatic rings. The van der Waals surface area contributed by atoms with E-state index >= 15 is 0 Å². The average molecular weight is 252 g/mol. The van der Waals surface area contributed by atoms with Crippen molar-refractivity contribution in [2.75, 3.05) is 0 Å². The SMILES string of the molecule is CCC(C)(O)CC.CCc1ccccc1C(=O)O. The number of aliphatic hydroxyl groups is 1. The van der Waals surface area contributed by atoms with Crippen molar-refractivity contribution in [1.82, 2.24) is 0 Å². The topological polar surface area (TPSA) is 57.5 Å². The molecule has 1 rings (SSSR count). The van der Waals surface area contributed by atoms with Crippen LogP contribution in [0.5, 0.6) is 0 Å². The molecule has 18 heavy (non-hydrogen) atoms. The summed E-state index contributed by atoms with van der Waals surface area (Å²) in [5.74, 6) is -0.845. The highest BCUT2D eigenvalue weighted by molar-refractivity contribution is 5.89. The van der Waals surface area contributed by atoms with E-state index in [1.165, 1.54) is 0 Å². The Morgan fingerprint density at radius 3 is 1.94 bits per heavy atom. The maximum atomic E-state index is 10.6. The molecule has 0 spiro atoms. The number of benzene rings is 1. The highest BCUT2D eigenvalue weighted by atomic mass is 16.4. The Labute approximate surface area is 109 Å². The van der Waals surface area contributed by atoms with Gasteiger partial charge in [0.1, 0.15) is 0 Å². The minimum Gasteiger partial charge on any atom is -0.478 e. The third kappa shape index (κ3) is 5.82. The second-order valence-electron chi connectivity index (χ2n) is 4.52. The van der Waals surface area contributed by atoms with Crippen LogP contribution in [0.4, 0.5) is 0 Å². The minimum atomic E-state index is -0.845. The largest absolute Gasteiger partial charge is 0.478 e. The number of rotatable bonds is 4. The molecule has 0 fully saturated rings. The Kier molecular flexibility index (Phi) is 7.29. The van der Waals surface area contributed by atoms with Gasteiger partial charge in [0.15, 0.2) is 0 Å². The van der Waals surface area contributed by atoms with Crippen LogP contribution in [0.3, 0.4) is 0 Å². The van der Waals surface area contributed by atoms with E-state index in [1.807, 2.05) is 39.8 Å². The van der Waals surface area contributed by atoms with E-state index in [-0.39, 0.29) is 0 Å². The Hall–Kier alpha value is -1.35. The molecule has 0 aliphatic carbocycles. The summed E-state index contributed by atoms with van der Waals surface area (Å²) in [6.45, 7) is 7.78. The summed E-state index contributed by atoms with van der Waals surface area (Å²) < 4.78 is 0. The van der Waals surface area contributed by atoms with Crippen molar-refractivity contribution in [3.8, 4) is 0 Å². The lowest BCUT2D eigenvalue weighted by Crippen LogP contribution is -2.20. The predicted octanol–water partition coefficient (Wildman–Crippen LogP) is 3.50. The summed E-state index contributed by atoms with van der Waals surface area (Å²) in [6.07, 6.45) is 2.47. The number of aromatic carboxylic acids is 1. The number of hydrogen-bond acceptors (Lipinski definition) is 2. The first-order valence-electron chi connectivity index (χ1n) is 6.41. The van der Waals surface area contributed by atoms with Crippen LogP contribution in [0, 0.1) is 0 Å². The van der Waals surface area contributed by atoms with Crippen molar-refractivity contribution in [2.24, 2.45) is 0 Å². The van der Waals surface area contributed by atoms with Crippen molar-refractivity contribution in [3.63, 3.8) is 0 Å². The smallest absolute Gasteiger partial charge is 0.335 e. The molecule has 1 aromatic carbocycles. The Bertz CT molecular complexity index is 364. The van der Waals surface area contributed by atoms with E-state index in [0.717, 1.165) is 24.8 Å². The van der Waals surface area contributed by atoms with Gasteiger partial charge in [-0.3, -0.25) is 0 Å². The maximum absolute atomic E-state index is 10.6. The molecular weight excluding hydrogens is 228 g/mol. The third-order valence-corrected chi connectivity index (χ3v) is 3.15. The van der Waals surface area contributed by atoms with Gasteiger partial charge in [-0.05, 0) is 37.8 Å². The molecule has 0 atom stereocenters. The molecule has 0 saturated carbocycles. The lowest BCUT2D eigenvalue weighted by atomic mass is 10.0. The van der Waals surface area contributed by atoms with Gasteiger partial charge in [-0.2, -0.15) is 0 Å². The van der Waals surface area contributed by atoms with Gasteiger partial charge in [0, 0.05) is 0 Å². The van der Waals surface area contributed by atoms with Crippen LogP contribution in [0.25, 0.3) is 0 Å². The van der Waals surface area contributed by atoms with Crippen LogP contribution >= 0.6 is 0 Å². The Balaban J connectivity index is 0.000000360. The second kappa shape index (κ2) is 7.88. The summed E-state index contributed by atoms with van der Waals surface area (Å²) >= 11 is 0. The van der Waals surface area contributed by atoms with Gasteiger partial charge in [-0.15, -0.1) is 0 Å². The first kappa shape index (κ1) is 16.6. The van der Waals surface area contributed by atoms with Crippen molar-refractivity contribution < 1.29 is 15.0 Å². The highest BCUT2D eigenvalue weighted by Crippen LogP contribution is 2.11. The number of carbonyl (C=O) groups is 1. The highest BCUT2D eigenvalue weighted by Gasteiger charge is 2.12. The van der Waals surface area contributed by atoms with Crippen LogP contribution in [0.2, 0.25) is 0 Å². The second-order valence-corrected chi connectivity index (χ2v) is 4.52. The Morgan fingerprint density at radius 2 is 1.67 bits per heavy atom. The molecule has 0 saturated heterocycles. The first-order valence-corrected chi connectivity index (χ1v) is 6.41. The first-order chi connectivity index (χ1) is 8.37. The van der Waals surface area contributed by atoms with Crippen molar-refractivity contribution >= 4 is 5.97 Å². The minimum absolute atomic E-state index is 0.412. The molecular formula is C15H24O3. The van der Waals surface area contributed by atoms with Crippen LogP contribution in [-0.4, -0.2) is 21.8 Å². The molecule has 0 aliphatic heterocycles. The fourth-order valence-electron chi connectivity index (χ4n) is 1.29. The number of hydrogen-bond donors (Lipinski definition) is 2. The van der Waals surface area contributed by atoms with Gasteiger partial charge >= 0.3 is 5.97 Å². The van der Waals surface area contributed by atoms with Crippen LogP contribution in [0.15, 0.2) is 24.3 Å². The summed E-state index contributed by atoms with van der Waals surface area (Å²) in [6, 6.07) is 7.05. The predicted molar refractivity (Wildman–Crippen MR) is 74.0 cm³/mol. The number of carboxylic acids is 1. The lowest BCUT2D eigenvalue weighted by molar-refractivity contribution is 0.0521. The van der Waals surface area contributed by atoms with Crippen molar-refractivity contribution in [1.29, 1.82) is 0 Å². The third-order valence-electron chi connectivity index (χ3n) is 3.15. The monoisotopic (exact) mass is 252 g/mol. The molecule has 2 N–H and O–H groups in total. The molecule has 3 heteroatoms. The molecule has 0 aliphatic rings. The normalized spacial score (nSPS) is 10.5. The zero-order chi connectivity index (χ0) is 14.2. The van der Waals surface area contributed by atoms with Crippen LogP contribution in [0.1, 0.15) is 56.5 Å². The van der Waals surface area contributed by atoms with E-state index in [2.05, 4.69) is 0 Å². The van der Waals surface area contributed by atoms with E-state index in [0.29, 0.717) is 5.56 Å². The zero-order valence-electron chi connectivity index (χ0n) is 11.7. The molecule has 0 unspecified atom stereocenters. The molecule has 0 aromatic heterocycles. The summed E-state index contributed by atoms with van der Waals surface area (Å²) in [5, 5.41) is 17.8. The number of carboxylic acid groups (broad SMARTS) is 1. The molecule has 0 amide bonds. The van der Waals surface area contributed by atoms with Gasteiger partial charge in [-0.1, -0.05) is 39.0 Å².